The van der Waals surface area contributed by atoms with E-state index in [0.29, 0.717) is 11.0 Å². The van der Waals surface area contributed by atoms with Crippen molar-refractivity contribution in [3.05, 3.63) is 35.5 Å². The number of hydrogen-bond acceptors (Lipinski definition) is 5. The number of ether oxygens (including phenoxy) is 1. The van der Waals surface area contributed by atoms with Crippen LogP contribution in [0, 0.1) is 5.92 Å². The van der Waals surface area contributed by atoms with Crippen molar-refractivity contribution in [2.75, 3.05) is 12.8 Å². The lowest BCUT2D eigenvalue weighted by Crippen LogP contribution is -2.03. The fourth-order valence-corrected chi connectivity index (χ4v) is 2.86. The monoisotopic (exact) mass is 290 g/mol. The first kappa shape index (κ1) is 14.5. The Morgan fingerprint density at radius 3 is 2.55 bits per heavy atom. The lowest BCUT2D eigenvalue weighted by Gasteiger charge is -2.06. The average Bonchev–Trinajstić information content (AvgIpc) is 2.80. The molecule has 2 N–H and O–H groups in total. The minimum atomic E-state index is -0.459. The molecule has 0 saturated carbocycles. The lowest BCUT2D eigenvalue weighted by atomic mass is 10.0. The molecule has 106 valence electrons. The molecule has 2 rings (SSSR count). The fraction of sp³-hybridized carbons (Fsp3) is 0.333. The highest BCUT2D eigenvalue weighted by Crippen LogP contribution is 2.32. The Balaban J connectivity index is 2.34. The molecule has 1 heterocycles. The van der Waals surface area contributed by atoms with Crippen molar-refractivity contribution in [2.24, 2.45) is 5.92 Å². The first-order chi connectivity index (χ1) is 9.51. The Hall–Kier alpha value is -1.88. The molecule has 0 atom stereocenters. The van der Waals surface area contributed by atoms with Crippen LogP contribution < -0.4 is 5.73 Å². The summed E-state index contributed by atoms with van der Waals surface area (Å²) >= 11 is 1.30. The SMILES string of the molecule is COC(=O)c1nc(N)sc1-c1ccc(CC(C)C)cc1. The smallest absolute Gasteiger partial charge is 0.358 e. The van der Waals surface area contributed by atoms with E-state index in [4.69, 9.17) is 10.5 Å². The van der Waals surface area contributed by atoms with Crippen molar-refractivity contribution in [3.63, 3.8) is 0 Å². The number of rotatable bonds is 4. The molecule has 5 heteroatoms. The van der Waals surface area contributed by atoms with Crippen LogP contribution in [0.2, 0.25) is 0 Å². The van der Waals surface area contributed by atoms with Crippen LogP contribution >= 0.6 is 11.3 Å². The number of benzene rings is 1. The molecule has 4 nitrogen and oxygen atoms in total. The maximum Gasteiger partial charge on any atom is 0.358 e. The van der Waals surface area contributed by atoms with Crippen LogP contribution in [0.3, 0.4) is 0 Å². The number of nitrogen functional groups attached to an aromatic ring is 1. The van der Waals surface area contributed by atoms with Crippen molar-refractivity contribution in [2.45, 2.75) is 20.3 Å². The number of aromatic nitrogens is 1. The summed E-state index contributed by atoms with van der Waals surface area (Å²) in [5.74, 6) is 0.157. The number of hydrogen-bond donors (Lipinski definition) is 1. The van der Waals surface area contributed by atoms with Gasteiger partial charge < -0.3 is 10.5 Å². The minimum Gasteiger partial charge on any atom is -0.464 e. The van der Waals surface area contributed by atoms with Gasteiger partial charge in [-0.15, -0.1) is 0 Å². The Morgan fingerprint density at radius 2 is 2.00 bits per heavy atom. The number of methoxy groups -OCH3 is 1. The number of thiazole rings is 1. The maximum atomic E-state index is 11.7. The van der Waals surface area contributed by atoms with Crippen LogP contribution in [0.1, 0.15) is 29.9 Å². The molecule has 0 radical (unpaired) electrons. The van der Waals surface area contributed by atoms with Gasteiger partial charge in [0.25, 0.3) is 0 Å². The van der Waals surface area contributed by atoms with E-state index in [-0.39, 0.29) is 5.69 Å². The van der Waals surface area contributed by atoms with Crippen molar-refractivity contribution in [3.8, 4) is 10.4 Å². The van der Waals surface area contributed by atoms with Gasteiger partial charge in [-0.3, -0.25) is 0 Å². The van der Waals surface area contributed by atoms with Crippen molar-refractivity contribution in [1.29, 1.82) is 0 Å². The molecular weight excluding hydrogens is 272 g/mol. The lowest BCUT2D eigenvalue weighted by molar-refractivity contribution is 0.0596. The van der Waals surface area contributed by atoms with E-state index < -0.39 is 5.97 Å². The zero-order valence-electron chi connectivity index (χ0n) is 11.8. The van der Waals surface area contributed by atoms with Crippen molar-refractivity contribution in [1.82, 2.24) is 4.98 Å². The molecule has 0 amide bonds. The van der Waals surface area contributed by atoms with Gasteiger partial charge in [-0.2, -0.15) is 0 Å². The predicted molar refractivity (Wildman–Crippen MR) is 81.8 cm³/mol. The second kappa shape index (κ2) is 6.05. The Labute approximate surface area is 122 Å². The van der Waals surface area contributed by atoms with E-state index in [1.165, 1.54) is 24.0 Å². The van der Waals surface area contributed by atoms with Gasteiger partial charge in [0.05, 0.1) is 12.0 Å². The minimum absolute atomic E-state index is 0.284. The topological polar surface area (TPSA) is 65.2 Å². The fourth-order valence-electron chi connectivity index (χ4n) is 2.03. The van der Waals surface area contributed by atoms with Crippen LogP contribution in [0.25, 0.3) is 10.4 Å². The molecule has 0 spiro atoms. The molecule has 1 aromatic carbocycles. The summed E-state index contributed by atoms with van der Waals surface area (Å²) in [6.07, 6.45) is 1.04. The Kier molecular flexibility index (Phi) is 4.39. The summed E-state index contributed by atoms with van der Waals surface area (Å²) in [5, 5.41) is 0.367. The third-order valence-corrected chi connectivity index (χ3v) is 3.82. The summed E-state index contributed by atoms with van der Waals surface area (Å²) in [6.45, 7) is 4.38. The molecule has 1 aromatic heterocycles. The van der Waals surface area contributed by atoms with E-state index in [1.54, 1.807) is 0 Å². The normalized spacial score (nSPS) is 10.8. The third-order valence-electron chi connectivity index (χ3n) is 2.88. The van der Waals surface area contributed by atoms with Gasteiger partial charge >= 0.3 is 5.97 Å². The highest BCUT2D eigenvalue weighted by Gasteiger charge is 2.19. The predicted octanol–water partition coefficient (Wildman–Crippen LogP) is 3.38. The highest BCUT2D eigenvalue weighted by molar-refractivity contribution is 7.19. The summed E-state index contributed by atoms with van der Waals surface area (Å²) in [5.41, 5.74) is 8.20. The summed E-state index contributed by atoms with van der Waals surface area (Å²) in [6, 6.07) is 8.15. The first-order valence-electron chi connectivity index (χ1n) is 6.45. The van der Waals surface area contributed by atoms with Crippen molar-refractivity contribution < 1.29 is 9.53 Å². The number of esters is 1. The van der Waals surface area contributed by atoms with Gasteiger partial charge in [-0.1, -0.05) is 49.4 Å². The zero-order chi connectivity index (χ0) is 14.7. The molecule has 0 aliphatic carbocycles. The van der Waals surface area contributed by atoms with Gasteiger partial charge in [0.15, 0.2) is 10.8 Å². The molecule has 0 aliphatic heterocycles. The summed E-state index contributed by atoms with van der Waals surface area (Å²) in [4.78, 5) is 16.5. The Bertz CT molecular complexity index is 603. The third kappa shape index (κ3) is 3.17. The number of anilines is 1. The molecule has 0 fully saturated rings. The van der Waals surface area contributed by atoms with Crippen LogP contribution in [0.5, 0.6) is 0 Å². The quantitative estimate of drug-likeness (QED) is 0.877. The molecule has 2 aromatic rings. The zero-order valence-corrected chi connectivity index (χ0v) is 12.7. The van der Waals surface area contributed by atoms with Crippen LogP contribution in [0.15, 0.2) is 24.3 Å². The maximum absolute atomic E-state index is 11.7. The number of nitrogens with zero attached hydrogens (tertiary/aromatic N) is 1. The van der Waals surface area contributed by atoms with E-state index in [0.717, 1.165) is 16.9 Å². The van der Waals surface area contributed by atoms with E-state index in [1.807, 2.05) is 12.1 Å². The van der Waals surface area contributed by atoms with Gasteiger partial charge in [0.2, 0.25) is 0 Å². The molecule has 20 heavy (non-hydrogen) atoms. The van der Waals surface area contributed by atoms with Crippen LogP contribution in [0.4, 0.5) is 5.13 Å². The van der Waals surface area contributed by atoms with E-state index in [2.05, 4.69) is 31.0 Å². The van der Waals surface area contributed by atoms with Crippen LogP contribution in [-0.2, 0) is 11.2 Å². The largest absolute Gasteiger partial charge is 0.464 e. The molecule has 0 unspecified atom stereocenters. The van der Waals surface area contributed by atoms with Gasteiger partial charge in [0.1, 0.15) is 0 Å². The molecule has 0 aliphatic rings. The Morgan fingerprint density at radius 1 is 1.35 bits per heavy atom. The van der Waals surface area contributed by atoms with Gasteiger partial charge in [-0.25, -0.2) is 9.78 Å². The second-order valence-electron chi connectivity index (χ2n) is 5.02. The number of carbonyl (C=O) groups is 1. The first-order valence-corrected chi connectivity index (χ1v) is 7.26. The summed E-state index contributed by atoms with van der Waals surface area (Å²) in [7, 11) is 1.34. The number of carbonyl (C=O) groups excluding carboxylic acids is 1. The van der Waals surface area contributed by atoms with Crippen LogP contribution in [-0.4, -0.2) is 18.1 Å². The van der Waals surface area contributed by atoms with Gasteiger partial charge in [-0.05, 0) is 23.5 Å². The van der Waals surface area contributed by atoms with E-state index in [9.17, 15) is 4.79 Å². The summed E-state index contributed by atoms with van der Waals surface area (Å²) < 4.78 is 4.74. The van der Waals surface area contributed by atoms with E-state index >= 15 is 0 Å². The van der Waals surface area contributed by atoms with Gasteiger partial charge in [0, 0.05) is 0 Å². The standard InChI is InChI=1S/C15H18N2O2S/c1-9(2)8-10-4-6-11(7-5-10)13-12(14(18)19-3)17-15(16)20-13/h4-7,9H,8H2,1-3H3,(H2,16,17). The highest BCUT2D eigenvalue weighted by atomic mass is 32.1. The second-order valence-corrected chi connectivity index (χ2v) is 6.05. The number of nitrogens with two attached hydrogens (primary N) is 1. The molecule has 0 saturated heterocycles. The average molecular weight is 290 g/mol. The molecule has 0 bridgehead atoms. The molecular formula is C15H18N2O2S. The van der Waals surface area contributed by atoms with Crippen molar-refractivity contribution >= 4 is 22.4 Å².